The molecule has 0 radical (unpaired) electrons. The monoisotopic (exact) mass is 408 g/mol. The van der Waals surface area contributed by atoms with E-state index in [1.54, 1.807) is 0 Å². The minimum absolute atomic E-state index is 0.281. The Balaban J connectivity index is 1.26. The van der Waals surface area contributed by atoms with Gasteiger partial charge in [-0.15, -0.1) is 0 Å². The quantitative estimate of drug-likeness (QED) is 0.331. The zero-order valence-corrected chi connectivity index (χ0v) is 17.7. The van der Waals surface area contributed by atoms with Gasteiger partial charge in [0, 0.05) is 42.1 Å². The maximum Gasteiger partial charge on any atom is 0.308 e. The highest BCUT2D eigenvalue weighted by atomic mass is 32.2. The summed E-state index contributed by atoms with van der Waals surface area (Å²) < 4.78 is 5.40. The second-order valence-electron chi connectivity index (χ2n) is 7.67. The number of likely N-dealkylation sites (tertiary alicyclic amines) is 1. The summed E-state index contributed by atoms with van der Waals surface area (Å²) in [5.41, 5.74) is 3.71. The second kappa shape index (κ2) is 9.51. The first-order chi connectivity index (χ1) is 14.2. The van der Waals surface area contributed by atoms with Crippen LogP contribution in [0, 0.1) is 0 Å². The lowest BCUT2D eigenvalue weighted by Crippen LogP contribution is -2.34. The highest BCUT2D eigenvalue weighted by Gasteiger charge is 2.20. The molecule has 2 heterocycles. The summed E-state index contributed by atoms with van der Waals surface area (Å²) >= 11 is 1.94. The number of hydrogen-bond acceptors (Lipinski definition) is 4. The molecule has 0 spiro atoms. The first-order valence-electron chi connectivity index (χ1n) is 10.3. The van der Waals surface area contributed by atoms with Crippen molar-refractivity contribution in [2.45, 2.75) is 31.4 Å². The van der Waals surface area contributed by atoms with Gasteiger partial charge in [-0.2, -0.15) is 11.8 Å². The van der Waals surface area contributed by atoms with E-state index in [-0.39, 0.29) is 5.97 Å². The Morgan fingerprint density at radius 3 is 2.69 bits per heavy atom. The summed E-state index contributed by atoms with van der Waals surface area (Å²) in [5, 5.41) is 1.03. The van der Waals surface area contributed by atoms with Crippen LogP contribution >= 0.6 is 11.8 Å². The third kappa shape index (κ3) is 5.03. The standard InChI is InChI=1S/C24H28N2O2S/c1-18(27)28-23-9-5-8-22-24(23)21(16-25-22)17-29-15-14-26-12-10-20(11-13-26)19-6-3-2-4-7-19/h2-9,16,20,25H,10-15,17H2,1H3. The number of thioether (sulfide) groups is 1. The predicted octanol–water partition coefficient (Wildman–Crippen LogP) is 5.21. The van der Waals surface area contributed by atoms with Crippen LogP contribution in [-0.2, 0) is 10.5 Å². The van der Waals surface area contributed by atoms with Crippen LogP contribution in [0.5, 0.6) is 5.75 Å². The minimum Gasteiger partial charge on any atom is -0.426 e. The fraction of sp³-hybridized carbons (Fsp3) is 0.375. The lowest BCUT2D eigenvalue weighted by Gasteiger charge is -2.32. The van der Waals surface area contributed by atoms with E-state index in [1.165, 1.54) is 44.0 Å². The summed E-state index contributed by atoms with van der Waals surface area (Å²) in [6.45, 7) is 4.94. The predicted molar refractivity (Wildman–Crippen MR) is 121 cm³/mol. The molecule has 2 aromatic carbocycles. The number of hydrogen-bond donors (Lipinski definition) is 1. The number of benzene rings is 2. The molecule has 4 rings (SSSR count). The highest BCUT2D eigenvalue weighted by Crippen LogP contribution is 2.32. The van der Waals surface area contributed by atoms with Crippen LogP contribution < -0.4 is 4.74 Å². The summed E-state index contributed by atoms with van der Waals surface area (Å²) in [6.07, 6.45) is 4.54. The van der Waals surface area contributed by atoms with Crippen molar-refractivity contribution in [3.63, 3.8) is 0 Å². The van der Waals surface area contributed by atoms with Crippen molar-refractivity contribution in [2.75, 3.05) is 25.4 Å². The molecule has 1 aromatic heterocycles. The molecular formula is C24H28N2O2S. The fourth-order valence-corrected chi connectivity index (χ4v) is 5.14. The molecule has 1 N–H and O–H groups in total. The second-order valence-corrected chi connectivity index (χ2v) is 8.77. The smallest absolute Gasteiger partial charge is 0.308 e. The molecule has 5 heteroatoms. The van der Waals surface area contributed by atoms with E-state index < -0.39 is 0 Å². The zero-order chi connectivity index (χ0) is 20.1. The Labute approximate surface area is 176 Å². The van der Waals surface area contributed by atoms with Crippen LogP contribution in [0.1, 0.15) is 36.8 Å². The number of H-pyrrole nitrogens is 1. The van der Waals surface area contributed by atoms with Crippen molar-refractivity contribution in [1.82, 2.24) is 9.88 Å². The van der Waals surface area contributed by atoms with Gasteiger partial charge in [-0.25, -0.2) is 0 Å². The first-order valence-corrected chi connectivity index (χ1v) is 11.5. The van der Waals surface area contributed by atoms with E-state index in [4.69, 9.17) is 4.74 Å². The number of aromatic amines is 1. The average molecular weight is 409 g/mol. The van der Waals surface area contributed by atoms with E-state index in [9.17, 15) is 4.79 Å². The molecule has 0 bridgehead atoms. The van der Waals surface area contributed by atoms with Gasteiger partial charge in [0.2, 0.25) is 0 Å². The largest absolute Gasteiger partial charge is 0.426 e. The molecule has 1 aliphatic rings. The van der Waals surface area contributed by atoms with Gasteiger partial charge in [0.15, 0.2) is 0 Å². The van der Waals surface area contributed by atoms with Crippen LogP contribution in [0.4, 0.5) is 0 Å². The van der Waals surface area contributed by atoms with Crippen molar-refractivity contribution in [3.05, 3.63) is 65.9 Å². The van der Waals surface area contributed by atoms with Crippen LogP contribution in [0.25, 0.3) is 10.9 Å². The molecule has 4 nitrogen and oxygen atoms in total. The molecule has 1 saturated heterocycles. The number of piperidine rings is 1. The number of ether oxygens (including phenoxy) is 1. The maximum atomic E-state index is 11.4. The summed E-state index contributed by atoms with van der Waals surface area (Å²) in [5.74, 6) is 3.11. The molecule has 0 unspecified atom stereocenters. The minimum atomic E-state index is -0.281. The number of esters is 1. The maximum absolute atomic E-state index is 11.4. The van der Waals surface area contributed by atoms with Crippen LogP contribution in [0.3, 0.4) is 0 Å². The van der Waals surface area contributed by atoms with Crippen molar-refractivity contribution >= 4 is 28.6 Å². The topological polar surface area (TPSA) is 45.3 Å². The Morgan fingerprint density at radius 2 is 1.93 bits per heavy atom. The molecular weight excluding hydrogens is 380 g/mol. The summed E-state index contributed by atoms with van der Waals surface area (Å²) in [4.78, 5) is 17.3. The van der Waals surface area contributed by atoms with Gasteiger partial charge in [0.1, 0.15) is 5.75 Å². The summed E-state index contributed by atoms with van der Waals surface area (Å²) in [6, 6.07) is 16.7. The molecule has 0 atom stereocenters. The number of nitrogens with zero attached hydrogens (tertiary/aromatic N) is 1. The van der Waals surface area contributed by atoms with E-state index in [0.717, 1.165) is 29.0 Å². The third-order valence-electron chi connectivity index (χ3n) is 5.67. The fourth-order valence-electron chi connectivity index (χ4n) is 4.16. The highest BCUT2D eigenvalue weighted by molar-refractivity contribution is 7.98. The summed E-state index contributed by atoms with van der Waals surface area (Å²) in [7, 11) is 0. The zero-order valence-electron chi connectivity index (χ0n) is 16.9. The molecule has 0 aliphatic carbocycles. The molecule has 152 valence electrons. The molecule has 1 aliphatic heterocycles. The van der Waals surface area contributed by atoms with Crippen LogP contribution in [0.15, 0.2) is 54.7 Å². The van der Waals surface area contributed by atoms with Gasteiger partial charge in [-0.05, 0) is 55.1 Å². The van der Waals surface area contributed by atoms with E-state index in [0.29, 0.717) is 11.7 Å². The average Bonchev–Trinajstić information content (AvgIpc) is 3.16. The van der Waals surface area contributed by atoms with Gasteiger partial charge in [-0.3, -0.25) is 4.79 Å². The van der Waals surface area contributed by atoms with Gasteiger partial charge in [0.05, 0.1) is 0 Å². The number of aromatic nitrogens is 1. The first kappa shape index (κ1) is 20.0. The Morgan fingerprint density at radius 1 is 1.14 bits per heavy atom. The Bertz CT molecular complexity index is 946. The molecule has 0 saturated carbocycles. The molecule has 1 fully saturated rings. The van der Waals surface area contributed by atoms with Crippen LogP contribution in [0.2, 0.25) is 0 Å². The van der Waals surface area contributed by atoms with Gasteiger partial charge in [-0.1, -0.05) is 36.4 Å². The Hall–Kier alpha value is -2.24. The molecule has 29 heavy (non-hydrogen) atoms. The van der Waals surface area contributed by atoms with Gasteiger partial charge >= 0.3 is 5.97 Å². The number of carbonyl (C=O) groups is 1. The van der Waals surface area contributed by atoms with E-state index in [1.807, 2.05) is 36.2 Å². The van der Waals surface area contributed by atoms with Gasteiger partial charge in [0.25, 0.3) is 0 Å². The third-order valence-corrected chi connectivity index (χ3v) is 6.66. The van der Waals surface area contributed by atoms with Crippen molar-refractivity contribution in [2.24, 2.45) is 0 Å². The van der Waals surface area contributed by atoms with E-state index >= 15 is 0 Å². The normalized spacial score (nSPS) is 15.6. The van der Waals surface area contributed by atoms with Gasteiger partial charge < -0.3 is 14.6 Å². The lowest BCUT2D eigenvalue weighted by atomic mass is 9.89. The number of carbonyl (C=O) groups excluding carboxylic acids is 1. The molecule has 0 amide bonds. The van der Waals surface area contributed by atoms with Crippen molar-refractivity contribution < 1.29 is 9.53 Å². The molecule has 3 aromatic rings. The SMILES string of the molecule is CC(=O)Oc1cccc2[nH]cc(CSCCN3CCC(c4ccccc4)CC3)c12. The van der Waals surface area contributed by atoms with Crippen LogP contribution in [-0.4, -0.2) is 41.2 Å². The number of rotatable bonds is 7. The number of nitrogens with one attached hydrogen (secondary N) is 1. The Kier molecular flexibility index (Phi) is 6.57. The van der Waals surface area contributed by atoms with Crippen molar-refractivity contribution in [1.29, 1.82) is 0 Å². The lowest BCUT2D eigenvalue weighted by molar-refractivity contribution is -0.131. The van der Waals surface area contributed by atoms with Crippen molar-refractivity contribution in [3.8, 4) is 5.75 Å². The number of fused-ring (bicyclic) bond motifs is 1. The van der Waals surface area contributed by atoms with E-state index in [2.05, 4.69) is 40.2 Å².